The minimum absolute atomic E-state index is 0.134. The molecule has 4 N–H and O–H groups in total. The standard InChI is InChI=1S/C24H26F2N3O9PS/c1-33-14-3-7-16(8-4-14)37-39(40,38-17-9-5-15(34-2)6-10-17)35-13-24(22(25)26)20(31)19(30)21(36-24)29-12-11-18(27)28-23(29)32/h3-12,19-22,30-31H,13H2,1-2H3,(H2,27,28,32). The first-order chi connectivity index (χ1) is 19.0. The number of alkyl halides is 2. The van der Waals surface area contributed by atoms with Crippen molar-refractivity contribution < 1.29 is 46.8 Å². The van der Waals surface area contributed by atoms with Gasteiger partial charge in [-0.25, -0.2) is 13.6 Å². The van der Waals surface area contributed by atoms with Crippen LogP contribution in [-0.4, -0.2) is 64.8 Å². The first kappa shape index (κ1) is 29.6. The largest absolute Gasteiger partial charge is 0.497 e. The molecule has 0 bridgehead atoms. The van der Waals surface area contributed by atoms with Crippen LogP contribution in [0.15, 0.2) is 65.6 Å². The molecule has 216 valence electrons. The molecule has 1 aliphatic heterocycles. The average Bonchev–Trinajstić information content (AvgIpc) is 3.19. The van der Waals surface area contributed by atoms with Gasteiger partial charge in [0.1, 0.15) is 41.0 Å². The summed E-state index contributed by atoms with van der Waals surface area (Å²) in [6, 6.07) is 13.5. The van der Waals surface area contributed by atoms with Crippen LogP contribution in [0, 0.1) is 0 Å². The lowest BCUT2D eigenvalue weighted by atomic mass is 9.96. The molecular formula is C24H26F2N3O9PS. The van der Waals surface area contributed by atoms with Gasteiger partial charge in [0, 0.05) is 18.0 Å². The summed E-state index contributed by atoms with van der Waals surface area (Å²) in [5.41, 5.74) is 1.66. The second-order valence-corrected chi connectivity index (χ2v) is 11.4. The minimum Gasteiger partial charge on any atom is -0.497 e. The summed E-state index contributed by atoms with van der Waals surface area (Å²) >= 11 is 5.54. The van der Waals surface area contributed by atoms with Crippen molar-refractivity contribution in [3.8, 4) is 23.0 Å². The number of nitrogens with zero attached hydrogens (tertiary/aromatic N) is 2. The Balaban J connectivity index is 1.64. The highest BCUT2D eigenvalue weighted by Crippen LogP contribution is 2.52. The Bertz CT molecular complexity index is 1360. The van der Waals surface area contributed by atoms with Crippen LogP contribution in [0.4, 0.5) is 14.6 Å². The fraction of sp³-hybridized carbons (Fsp3) is 0.333. The Hall–Kier alpha value is -3.33. The SMILES string of the molecule is COc1ccc(OP(=S)(OCC2(C(F)F)OC(n3ccc(N)nc3=O)C(O)C2O)Oc2ccc(OC)cc2)cc1. The Morgan fingerprint density at radius 2 is 1.52 bits per heavy atom. The van der Waals surface area contributed by atoms with Gasteiger partial charge in [0.05, 0.1) is 20.8 Å². The highest BCUT2D eigenvalue weighted by molar-refractivity contribution is 8.07. The van der Waals surface area contributed by atoms with Gasteiger partial charge >= 0.3 is 12.4 Å². The predicted octanol–water partition coefficient (Wildman–Crippen LogP) is 2.50. The monoisotopic (exact) mass is 601 g/mol. The van der Waals surface area contributed by atoms with E-state index in [0.29, 0.717) is 11.5 Å². The van der Waals surface area contributed by atoms with E-state index in [1.165, 1.54) is 44.6 Å². The van der Waals surface area contributed by atoms with E-state index in [4.69, 9.17) is 45.3 Å². The van der Waals surface area contributed by atoms with Crippen molar-refractivity contribution in [3.05, 3.63) is 71.3 Å². The van der Waals surface area contributed by atoms with Gasteiger partial charge in [-0.2, -0.15) is 4.98 Å². The number of hydrogen-bond donors (Lipinski definition) is 3. The number of hydrogen-bond acceptors (Lipinski definition) is 12. The third-order valence-corrected chi connectivity index (χ3v) is 8.03. The van der Waals surface area contributed by atoms with Crippen LogP contribution >= 0.6 is 6.72 Å². The van der Waals surface area contributed by atoms with E-state index in [2.05, 4.69) is 4.98 Å². The topological polar surface area (TPSA) is 157 Å². The van der Waals surface area contributed by atoms with Gasteiger partial charge in [-0.05, 0) is 54.6 Å². The normalized spacial score (nSPS) is 22.7. The smallest absolute Gasteiger partial charge is 0.435 e. The fourth-order valence-corrected chi connectivity index (χ4v) is 5.73. The second-order valence-electron chi connectivity index (χ2n) is 8.50. The van der Waals surface area contributed by atoms with E-state index in [9.17, 15) is 23.8 Å². The fourth-order valence-electron chi connectivity index (χ4n) is 3.80. The zero-order valence-electron chi connectivity index (χ0n) is 21.1. The van der Waals surface area contributed by atoms with E-state index < -0.39 is 49.5 Å². The van der Waals surface area contributed by atoms with E-state index >= 15 is 0 Å². The number of aromatic nitrogens is 2. The zero-order chi connectivity index (χ0) is 29.1. The molecule has 4 rings (SSSR count). The van der Waals surface area contributed by atoms with Crippen molar-refractivity contribution in [3.63, 3.8) is 0 Å². The van der Waals surface area contributed by atoms with Gasteiger partial charge in [0.25, 0.3) is 6.43 Å². The van der Waals surface area contributed by atoms with E-state index in [1.807, 2.05) is 0 Å². The number of aliphatic hydroxyl groups excluding tert-OH is 2. The molecule has 4 unspecified atom stereocenters. The van der Waals surface area contributed by atoms with Crippen molar-refractivity contribution in [2.45, 2.75) is 30.5 Å². The number of rotatable bonds is 11. The summed E-state index contributed by atoms with van der Waals surface area (Å²) in [5.74, 6) is 1.25. The highest BCUT2D eigenvalue weighted by atomic mass is 32.5. The predicted molar refractivity (Wildman–Crippen MR) is 141 cm³/mol. The molecular weight excluding hydrogens is 575 g/mol. The molecule has 0 spiro atoms. The number of methoxy groups -OCH3 is 2. The van der Waals surface area contributed by atoms with Crippen LogP contribution in [-0.2, 0) is 21.1 Å². The number of ether oxygens (including phenoxy) is 3. The molecule has 4 atom stereocenters. The molecule has 0 amide bonds. The Labute approximate surface area is 232 Å². The van der Waals surface area contributed by atoms with Crippen molar-refractivity contribution in [1.29, 1.82) is 0 Å². The number of nitrogens with two attached hydrogens (primary N) is 1. The molecule has 40 heavy (non-hydrogen) atoms. The lowest BCUT2D eigenvalue weighted by Gasteiger charge is -2.33. The summed E-state index contributed by atoms with van der Waals surface area (Å²) in [7, 11) is 2.95. The third kappa shape index (κ3) is 6.19. The van der Waals surface area contributed by atoms with Crippen LogP contribution in [0.3, 0.4) is 0 Å². The summed E-state index contributed by atoms with van der Waals surface area (Å²) in [5, 5.41) is 21.3. The number of halogens is 2. The molecule has 0 aliphatic carbocycles. The number of nitrogen functional groups attached to an aromatic ring is 1. The minimum atomic E-state index is -3.95. The highest BCUT2D eigenvalue weighted by Gasteiger charge is 2.61. The van der Waals surface area contributed by atoms with Crippen LogP contribution in [0.1, 0.15) is 6.23 Å². The first-order valence-corrected chi connectivity index (χ1v) is 14.1. The van der Waals surface area contributed by atoms with E-state index in [-0.39, 0.29) is 17.3 Å². The maximum Gasteiger partial charge on any atom is 0.435 e. The van der Waals surface area contributed by atoms with Gasteiger partial charge < -0.3 is 39.2 Å². The molecule has 2 heterocycles. The van der Waals surface area contributed by atoms with E-state index in [1.54, 1.807) is 24.3 Å². The Morgan fingerprint density at radius 1 is 1.02 bits per heavy atom. The van der Waals surface area contributed by atoms with Crippen LogP contribution < -0.4 is 29.9 Å². The van der Waals surface area contributed by atoms with Crippen molar-refractivity contribution in [1.82, 2.24) is 9.55 Å². The Kier molecular flexibility index (Phi) is 8.93. The quantitative estimate of drug-likeness (QED) is 0.277. The lowest BCUT2D eigenvalue weighted by Crippen LogP contribution is -2.52. The maximum atomic E-state index is 14.5. The molecule has 1 fully saturated rings. The van der Waals surface area contributed by atoms with Gasteiger partial charge in [-0.15, -0.1) is 0 Å². The van der Waals surface area contributed by atoms with Gasteiger partial charge in [0.2, 0.25) is 0 Å². The molecule has 3 aromatic rings. The van der Waals surface area contributed by atoms with Gasteiger partial charge in [-0.3, -0.25) is 9.09 Å². The summed E-state index contributed by atoms with van der Waals surface area (Å²) in [6.07, 6.45) is -8.24. The van der Waals surface area contributed by atoms with Crippen LogP contribution in [0.25, 0.3) is 0 Å². The third-order valence-electron chi connectivity index (χ3n) is 5.95. The molecule has 12 nitrogen and oxygen atoms in total. The van der Waals surface area contributed by atoms with Crippen LogP contribution in [0.5, 0.6) is 23.0 Å². The van der Waals surface area contributed by atoms with E-state index in [0.717, 1.165) is 10.8 Å². The van der Waals surface area contributed by atoms with Crippen molar-refractivity contribution in [2.75, 3.05) is 26.6 Å². The lowest BCUT2D eigenvalue weighted by molar-refractivity contribution is -0.192. The molecule has 1 aliphatic rings. The molecule has 1 saturated heterocycles. The number of benzene rings is 2. The van der Waals surface area contributed by atoms with Crippen LogP contribution in [0.2, 0.25) is 0 Å². The van der Waals surface area contributed by atoms with Gasteiger partial charge in [0.15, 0.2) is 11.8 Å². The summed E-state index contributed by atoms with van der Waals surface area (Å²) < 4.78 is 62.8. The average molecular weight is 602 g/mol. The molecule has 0 saturated carbocycles. The molecule has 16 heteroatoms. The Morgan fingerprint density at radius 3 is 1.98 bits per heavy atom. The van der Waals surface area contributed by atoms with Crippen molar-refractivity contribution >= 4 is 24.3 Å². The first-order valence-electron chi connectivity index (χ1n) is 11.6. The zero-order valence-corrected chi connectivity index (χ0v) is 22.8. The molecule has 2 aromatic carbocycles. The molecule has 0 radical (unpaired) electrons. The second kappa shape index (κ2) is 12.0. The summed E-state index contributed by atoms with van der Waals surface area (Å²) in [6.45, 7) is -5.03. The maximum absolute atomic E-state index is 14.5. The molecule has 1 aromatic heterocycles. The van der Waals surface area contributed by atoms with Crippen molar-refractivity contribution in [2.24, 2.45) is 0 Å². The van der Waals surface area contributed by atoms with Gasteiger partial charge in [-0.1, -0.05) is 0 Å². The number of anilines is 1. The number of aliphatic hydroxyl groups is 2. The summed E-state index contributed by atoms with van der Waals surface area (Å²) in [4.78, 5) is 15.8.